The molecule has 0 atom stereocenters. The van der Waals surface area contributed by atoms with Crippen molar-refractivity contribution in [3.8, 4) is 56.0 Å². The first kappa shape index (κ1) is 36.7. The number of aromatic nitrogens is 1. The standard InChI is InChI=1S/C62H38N2O2/c1-3-14-39(15-4-1)40-26-30-44(31-27-40)64(45-32-34-55-51(38-45)48-20-9-12-24-54(48)62(55)52-22-10-7-18-46(52)47-19-8-11-23-53(47)62)57-25-13-21-50-49-33-28-42(36-58(49)65-60(50)57)43-29-35-56-59(37-43)66-61(63-56)41-16-5-2-6-17-41/h1-38H. The molecule has 0 fully saturated rings. The number of rotatable bonds is 6. The van der Waals surface area contributed by atoms with Crippen molar-refractivity contribution in [2.75, 3.05) is 4.90 Å². The number of hydrogen-bond acceptors (Lipinski definition) is 4. The largest absolute Gasteiger partial charge is 0.454 e. The van der Waals surface area contributed by atoms with Crippen molar-refractivity contribution in [3.05, 3.63) is 253 Å². The average Bonchev–Trinajstić information content (AvgIpc) is 4.14. The van der Waals surface area contributed by atoms with E-state index in [4.69, 9.17) is 13.8 Å². The van der Waals surface area contributed by atoms with Crippen molar-refractivity contribution in [2.24, 2.45) is 0 Å². The summed E-state index contributed by atoms with van der Waals surface area (Å²) in [5.74, 6) is 0.614. The summed E-state index contributed by atoms with van der Waals surface area (Å²) in [7, 11) is 0. The molecule has 0 unspecified atom stereocenters. The van der Waals surface area contributed by atoms with Gasteiger partial charge in [-0.25, -0.2) is 4.98 Å². The van der Waals surface area contributed by atoms with Crippen LogP contribution in [0.15, 0.2) is 239 Å². The quantitative estimate of drug-likeness (QED) is 0.167. The zero-order valence-electron chi connectivity index (χ0n) is 35.7. The number of furan rings is 1. The average molecular weight is 843 g/mol. The summed E-state index contributed by atoms with van der Waals surface area (Å²) in [5.41, 5.74) is 21.6. The predicted molar refractivity (Wildman–Crippen MR) is 269 cm³/mol. The van der Waals surface area contributed by atoms with Crippen LogP contribution in [0.4, 0.5) is 17.1 Å². The number of nitrogens with zero attached hydrogens (tertiary/aromatic N) is 2. The summed E-state index contributed by atoms with van der Waals surface area (Å²) >= 11 is 0. The van der Waals surface area contributed by atoms with Crippen molar-refractivity contribution in [3.63, 3.8) is 0 Å². The molecule has 0 radical (unpaired) electrons. The molecule has 0 aliphatic heterocycles. The van der Waals surface area contributed by atoms with Crippen molar-refractivity contribution < 1.29 is 8.83 Å². The van der Waals surface area contributed by atoms with E-state index in [-0.39, 0.29) is 0 Å². The number of anilines is 3. The Morgan fingerprint density at radius 2 is 0.894 bits per heavy atom. The second kappa shape index (κ2) is 14.1. The fraction of sp³-hybridized carbons (Fsp3) is 0.0161. The summed E-state index contributed by atoms with van der Waals surface area (Å²) in [6.07, 6.45) is 0. The van der Waals surface area contributed by atoms with Gasteiger partial charge in [-0.1, -0.05) is 164 Å². The van der Waals surface area contributed by atoms with Gasteiger partial charge in [-0.2, -0.15) is 0 Å². The molecule has 10 aromatic carbocycles. The molecule has 4 nitrogen and oxygen atoms in total. The number of oxazole rings is 1. The zero-order chi connectivity index (χ0) is 43.3. The second-order valence-corrected chi connectivity index (χ2v) is 17.4. The summed E-state index contributed by atoms with van der Waals surface area (Å²) in [5, 5.41) is 2.12. The number of hydrogen-bond donors (Lipinski definition) is 0. The minimum absolute atomic E-state index is 0.418. The van der Waals surface area contributed by atoms with Crippen LogP contribution in [0.3, 0.4) is 0 Å². The van der Waals surface area contributed by atoms with Crippen molar-refractivity contribution in [1.29, 1.82) is 0 Å². The third-order valence-electron chi connectivity index (χ3n) is 13.9. The van der Waals surface area contributed by atoms with E-state index in [1.165, 1.54) is 50.1 Å². The highest BCUT2D eigenvalue weighted by Gasteiger charge is 2.51. The van der Waals surface area contributed by atoms with Gasteiger partial charge < -0.3 is 13.7 Å². The highest BCUT2D eigenvalue weighted by Crippen LogP contribution is 2.63. The predicted octanol–water partition coefficient (Wildman–Crippen LogP) is 16.5. The minimum atomic E-state index is -0.418. The Labute approximate surface area is 381 Å². The zero-order valence-corrected chi connectivity index (χ0v) is 35.7. The molecule has 2 aliphatic rings. The van der Waals surface area contributed by atoms with Gasteiger partial charge in [0.2, 0.25) is 5.89 Å². The topological polar surface area (TPSA) is 42.4 Å². The molecule has 4 heteroatoms. The molecule has 66 heavy (non-hydrogen) atoms. The SMILES string of the molecule is c1ccc(-c2ccc(N(c3ccc4c(c3)-c3ccccc3C43c4ccccc4-c4ccccc43)c3cccc4c3oc3cc(-c5ccc6nc(-c7ccccc7)oc6c5)ccc34)cc2)cc1. The van der Waals surface area contributed by atoms with Gasteiger partial charge >= 0.3 is 0 Å². The summed E-state index contributed by atoms with van der Waals surface area (Å²) in [4.78, 5) is 7.14. The van der Waals surface area contributed by atoms with Crippen LogP contribution < -0.4 is 4.90 Å². The fourth-order valence-electron chi connectivity index (χ4n) is 11.0. The van der Waals surface area contributed by atoms with E-state index in [1.807, 2.05) is 36.4 Å². The third kappa shape index (κ3) is 5.30. The number of para-hydroxylation sites is 1. The molecule has 2 heterocycles. The van der Waals surface area contributed by atoms with Crippen LogP contribution in [-0.4, -0.2) is 4.98 Å². The molecule has 0 saturated carbocycles. The van der Waals surface area contributed by atoms with Crippen LogP contribution in [0.2, 0.25) is 0 Å². The Kier molecular flexibility index (Phi) is 7.87. The summed E-state index contributed by atoms with van der Waals surface area (Å²) in [6.45, 7) is 0. The van der Waals surface area contributed by atoms with Crippen molar-refractivity contribution >= 4 is 50.1 Å². The van der Waals surface area contributed by atoms with E-state index in [1.54, 1.807) is 0 Å². The Bertz CT molecular complexity index is 3840. The second-order valence-electron chi connectivity index (χ2n) is 17.4. The number of benzene rings is 10. The molecular formula is C62H38N2O2. The Morgan fingerprint density at radius 1 is 0.348 bits per heavy atom. The van der Waals surface area contributed by atoms with Crippen LogP contribution in [0.1, 0.15) is 22.3 Å². The lowest BCUT2D eigenvalue weighted by Crippen LogP contribution is -2.25. The van der Waals surface area contributed by atoms with Crippen LogP contribution >= 0.6 is 0 Å². The Balaban J connectivity index is 0.937. The maximum atomic E-state index is 7.04. The van der Waals surface area contributed by atoms with Gasteiger partial charge in [0.25, 0.3) is 0 Å². The molecule has 1 spiro atoms. The van der Waals surface area contributed by atoms with Gasteiger partial charge in [0.05, 0.1) is 11.1 Å². The maximum absolute atomic E-state index is 7.04. The molecule has 14 rings (SSSR count). The molecule has 0 saturated heterocycles. The highest BCUT2D eigenvalue weighted by atomic mass is 16.3. The van der Waals surface area contributed by atoms with Gasteiger partial charge in [-0.3, -0.25) is 0 Å². The van der Waals surface area contributed by atoms with Crippen LogP contribution in [0.25, 0.3) is 89.0 Å². The van der Waals surface area contributed by atoms with Crippen LogP contribution in [0, 0.1) is 0 Å². The minimum Gasteiger partial charge on any atom is -0.454 e. The molecule has 2 aliphatic carbocycles. The Morgan fingerprint density at radius 3 is 1.59 bits per heavy atom. The van der Waals surface area contributed by atoms with E-state index in [0.717, 1.165) is 72.4 Å². The fourth-order valence-corrected chi connectivity index (χ4v) is 11.0. The molecule has 0 N–H and O–H groups in total. The summed E-state index contributed by atoms with van der Waals surface area (Å²) < 4.78 is 13.3. The summed E-state index contributed by atoms with van der Waals surface area (Å²) in [6, 6.07) is 82.8. The maximum Gasteiger partial charge on any atom is 0.227 e. The van der Waals surface area contributed by atoms with Gasteiger partial charge in [0, 0.05) is 27.7 Å². The Hall–Kier alpha value is -8.73. The first-order valence-corrected chi connectivity index (χ1v) is 22.5. The lowest BCUT2D eigenvalue weighted by atomic mass is 9.70. The molecular weight excluding hydrogens is 805 g/mol. The molecule has 2 aromatic heterocycles. The first-order valence-electron chi connectivity index (χ1n) is 22.5. The van der Waals surface area contributed by atoms with Crippen LogP contribution in [0.5, 0.6) is 0 Å². The van der Waals surface area contributed by atoms with E-state index >= 15 is 0 Å². The molecule has 12 aromatic rings. The van der Waals surface area contributed by atoms with Crippen LogP contribution in [-0.2, 0) is 5.41 Å². The molecule has 308 valence electrons. The normalized spacial score (nSPS) is 13.0. The third-order valence-corrected chi connectivity index (χ3v) is 13.9. The van der Waals surface area contributed by atoms with Gasteiger partial charge in [0.15, 0.2) is 11.2 Å². The van der Waals surface area contributed by atoms with E-state index in [9.17, 15) is 0 Å². The van der Waals surface area contributed by atoms with E-state index in [2.05, 4.69) is 199 Å². The lowest BCUT2D eigenvalue weighted by molar-refractivity contribution is 0.620. The first-order chi connectivity index (χ1) is 32.7. The monoisotopic (exact) mass is 842 g/mol. The lowest BCUT2D eigenvalue weighted by Gasteiger charge is -2.31. The molecule has 0 amide bonds. The number of fused-ring (bicyclic) bond motifs is 14. The van der Waals surface area contributed by atoms with E-state index < -0.39 is 5.41 Å². The van der Waals surface area contributed by atoms with Gasteiger partial charge in [-0.05, 0) is 133 Å². The highest BCUT2D eigenvalue weighted by molar-refractivity contribution is 6.11. The van der Waals surface area contributed by atoms with Gasteiger partial charge in [0.1, 0.15) is 11.1 Å². The van der Waals surface area contributed by atoms with E-state index in [0.29, 0.717) is 5.89 Å². The molecule has 0 bridgehead atoms. The van der Waals surface area contributed by atoms with Gasteiger partial charge in [-0.15, -0.1) is 0 Å². The smallest absolute Gasteiger partial charge is 0.227 e. The van der Waals surface area contributed by atoms with Crippen molar-refractivity contribution in [1.82, 2.24) is 4.98 Å². The van der Waals surface area contributed by atoms with Crippen molar-refractivity contribution in [2.45, 2.75) is 5.41 Å².